The van der Waals surface area contributed by atoms with Crippen molar-refractivity contribution in [3.05, 3.63) is 29.8 Å². The van der Waals surface area contributed by atoms with Crippen molar-refractivity contribution >= 4 is 30.0 Å². The molecule has 0 aromatic heterocycles. The summed E-state index contributed by atoms with van der Waals surface area (Å²) in [4.78, 5) is 7.58. The maximum Gasteiger partial charge on any atom is 0.221 e. The summed E-state index contributed by atoms with van der Waals surface area (Å²) in [6, 6.07) is 8.35. The van der Waals surface area contributed by atoms with Gasteiger partial charge >= 0.3 is 0 Å². The predicted molar refractivity (Wildman–Crippen MR) is 64.4 cm³/mol. The van der Waals surface area contributed by atoms with Gasteiger partial charge in [-0.05, 0) is 5.69 Å². The Bertz CT molecular complexity index is 387. The number of aryl methyl sites for hydroxylation is 1. The van der Waals surface area contributed by atoms with Gasteiger partial charge in [-0.25, -0.2) is 4.99 Å². The maximum atomic E-state index is 5.45. The Kier molecular flexibility index (Phi) is 9.42. The monoisotopic (exact) mass is 315 g/mol. The van der Waals surface area contributed by atoms with Gasteiger partial charge in [0, 0.05) is 32.7 Å². The molecule has 1 rings (SSSR count). The number of hydrogen-bond acceptors (Lipinski definition) is 1. The summed E-state index contributed by atoms with van der Waals surface area (Å²) in [5, 5.41) is 0. The van der Waals surface area contributed by atoms with Crippen LogP contribution in [0.1, 0.15) is 5.56 Å². The van der Waals surface area contributed by atoms with Crippen LogP contribution in [-0.2, 0) is 32.7 Å². The zero-order valence-corrected chi connectivity index (χ0v) is 12.5. The third kappa shape index (κ3) is 6.77. The molecule has 85 valence electrons. The van der Waals surface area contributed by atoms with E-state index in [4.69, 9.17) is 17.2 Å². The second-order valence-electron chi connectivity index (χ2n) is 2.74. The zero-order chi connectivity index (χ0) is 10.6. The van der Waals surface area contributed by atoms with E-state index in [0.29, 0.717) is 5.69 Å². The van der Waals surface area contributed by atoms with Crippen molar-refractivity contribution in [3.8, 4) is 0 Å². The van der Waals surface area contributed by atoms with Gasteiger partial charge in [-0.3, -0.25) is 0 Å². The minimum absolute atomic E-state index is 0. The molecule has 16 heavy (non-hydrogen) atoms. The van der Waals surface area contributed by atoms with E-state index >= 15 is 0 Å². The third-order valence-corrected chi connectivity index (χ3v) is 1.42. The number of halogens is 1. The molecule has 0 spiro atoms. The molecule has 1 aromatic rings. The number of aliphatic imine (C=N–C) groups is 2. The third-order valence-electron chi connectivity index (χ3n) is 1.42. The van der Waals surface area contributed by atoms with Gasteiger partial charge in [-0.1, -0.05) is 6.92 Å². The number of nitrogens with two attached hydrogens (primary N) is 3. The van der Waals surface area contributed by atoms with Crippen LogP contribution in [0.15, 0.2) is 28.2 Å². The Morgan fingerprint density at radius 2 is 1.94 bits per heavy atom. The van der Waals surface area contributed by atoms with Crippen LogP contribution in [0, 0.1) is 13.0 Å². The molecule has 5 nitrogen and oxygen atoms in total. The van der Waals surface area contributed by atoms with Crippen LogP contribution in [0.25, 0.3) is 0 Å². The first kappa shape index (κ1) is 17.7. The Morgan fingerprint density at radius 3 is 2.44 bits per heavy atom. The molecular formula is C9H13ClN5Y-. The molecule has 0 saturated carbocycles. The van der Waals surface area contributed by atoms with Gasteiger partial charge in [0.1, 0.15) is 0 Å². The summed E-state index contributed by atoms with van der Waals surface area (Å²) in [7, 11) is 0. The zero-order valence-electron chi connectivity index (χ0n) is 8.84. The Hall–Kier alpha value is -0.646. The molecule has 0 aliphatic heterocycles. The predicted octanol–water partition coefficient (Wildman–Crippen LogP) is 0.434. The van der Waals surface area contributed by atoms with Gasteiger partial charge in [0.2, 0.25) is 5.96 Å². The second kappa shape index (κ2) is 8.50. The largest absolute Gasteiger partial charge is 0.370 e. The van der Waals surface area contributed by atoms with Crippen molar-refractivity contribution in [2.24, 2.45) is 27.2 Å². The van der Waals surface area contributed by atoms with Crippen LogP contribution < -0.4 is 17.2 Å². The van der Waals surface area contributed by atoms with Crippen molar-refractivity contribution in [1.29, 1.82) is 0 Å². The van der Waals surface area contributed by atoms with E-state index in [1.165, 1.54) is 0 Å². The van der Waals surface area contributed by atoms with Crippen LogP contribution in [-0.4, -0.2) is 11.9 Å². The number of hydrogen-bond donors (Lipinski definition) is 3. The number of nitrogens with zero attached hydrogens (tertiary/aromatic N) is 2. The fraction of sp³-hybridized carbons (Fsp3) is 0.111. The number of benzene rings is 1. The summed E-state index contributed by atoms with van der Waals surface area (Å²) in [5.41, 5.74) is 17.4. The molecule has 0 aliphatic carbocycles. The minimum atomic E-state index is -0.106. The molecule has 1 aromatic carbocycles. The molecule has 0 heterocycles. The van der Waals surface area contributed by atoms with E-state index in [0.717, 1.165) is 5.56 Å². The molecule has 0 atom stereocenters. The van der Waals surface area contributed by atoms with Crippen LogP contribution in [0.4, 0.5) is 5.69 Å². The fourth-order valence-electron chi connectivity index (χ4n) is 0.929. The van der Waals surface area contributed by atoms with Gasteiger partial charge < -0.3 is 17.2 Å². The first-order valence-electron chi connectivity index (χ1n) is 4.00. The molecule has 0 fully saturated rings. The average Bonchev–Trinajstić information content (AvgIpc) is 2.01. The van der Waals surface area contributed by atoms with Crippen LogP contribution in [0.2, 0.25) is 0 Å². The SMILES string of the molecule is Cc1[c-]ccc(N=C(N)N=C(N)N)c1.Cl.[Y]. The normalized spacial score (nSPS) is 9.69. The van der Waals surface area contributed by atoms with Crippen LogP contribution in [0.3, 0.4) is 0 Å². The molecule has 0 amide bonds. The molecule has 1 radical (unpaired) electrons. The quantitative estimate of drug-likeness (QED) is 0.398. The second-order valence-corrected chi connectivity index (χ2v) is 2.74. The fourth-order valence-corrected chi connectivity index (χ4v) is 0.929. The van der Waals surface area contributed by atoms with Crippen molar-refractivity contribution in [2.45, 2.75) is 6.92 Å². The minimum Gasteiger partial charge on any atom is -0.370 e. The molecule has 0 unspecified atom stereocenters. The van der Waals surface area contributed by atoms with E-state index < -0.39 is 0 Å². The van der Waals surface area contributed by atoms with E-state index in [2.05, 4.69) is 16.1 Å². The smallest absolute Gasteiger partial charge is 0.221 e. The molecular weight excluding hydrogens is 302 g/mol. The van der Waals surface area contributed by atoms with Crippen molar-refractivity contribution < 1.29 is 32.7 Å². The summed E-state index contributed by atoms with van der Waals surface area (Å²) < 4.78 is 0. The number of guanidine groups is 2. The molecule has 7 heteroatoms. The summed E-state index contributed by atoms with van der Waals surface area (Å²) in [5.74, 6) is -0.0685. The first-order chi connectivity index (χ1) is 6.58. The molecule has 0 aliphatic rings. The molecule has 0 saturated heterocycles. The van der Waals surface area contributed by atoms with Gasteiger partial charge in [0.25, 0.3) is 0 Å². The Balaban J connectivity index is 0. The van der Waals surface area contributed by atoms with Crippen LogP contribution >= 0.6 is 12.4 Å². The summed E-state index contributed by atoms with van der Waals surface area (Å²) in [6.45, 7) is 1.91. The van der Waals surface area contributed by atoms with Crippen molar-refractivity contribution in [1.82, 2.24) is 0 Å². The Morgan fingerprint density at radius 1 is 1.31 bits per heavy atom. The van der Waals surface area contributed by atoms with Gasteiger partial charge in [-0.15, -0.1) is 24.5 Å². The van der Waals surface area contributed by atoms with Crippen molar-refractivity contribution in [3.63, 3.8) is 0 Å². The van der Waals surface area contributed by atoms with E-state index in [1.807, 2.05) is 13.0 Å². The molecule has 0 bridgehead atoms. The standard InChI is InChI=1S/C9H12N5.ClH.Y/c1-6-3-2-4-7(5-6)13-9(12)14-8(10)11;;/h2,4-5H,1H3,(H6,10,11,12,13,14);1H;/q-1;;. The van der Waals surface area contributed by atoms with Crippen LogP contribution in [0.5, 0.6) is 0 Å². The summed E-state index contributed by atoms with van der Waals surface area (Å²) >= 11 is 0. The molecule has 6 N–H and O–H groups in total. The van der Waals surface area contributed by atoms with Gasteiger partial charge in [-0.2, -0.15) is 22.7 Å². The maximum absolute atomic E-state index is 5.45. The van der Waals surface area contributed by atoms with E-state index in [1.54, 1.807) is 12.1 Å². The average molecular weight is 316 g/mol. The Labute approximate surface area is 126 Å². The summed E-state index contributed by atoms with van der Waals surface area (Å²) in [6.07, 6.45) is 0. The van der Waals surface area contributed by atoms with Gasteiger partial charge in [0.15, 0.2) is 5.96 Å². The van der Waals surface area contributed by atoms with Crippen molar-refractivity contribution in [2.75, 3.05) is 0 Å². The number of rotatable bonds is 1. The first-order valence-corrected chi connectivity index (χ1v) is 4.00. The van der Waals surface area contributed by atoms with Gasteiger partial charge in [0.05, 0.1) is 0 Å². The van der Waals surface area contributed by atoms with E-state index in [-0.39, 0.29) is 57.0 Å². The van der Waals surface area contributed by atoms with E-state index in [9.17, 15) is 0 Å². The topological polar surface area (TPSA) is 103 Å².